The van der Waals surface area contributed by atoms with Crippen LogP contribution in [0.5, 0.6) is 0 Å². The minimum absolute atomic E-state index is 0.0960. The van der Waals surface area contributed by atoms with E-state index in [9.17, 15) is 13.2 Å². The highest BCUT2D eigenvalue weighted by atomic mass is 32.2. The van der Waals surface area contributed by atoms with E-state index >= 15 is 0 Å². The molecule has 0 aliphatic heterocycles. The van der Waals surface area contributed by atoms with Crippen LogP contribution in [0.4, 0.5) is 0 Å². The number of primary sulfonamides is 1. The Bertz CT molecular complexity index is 627. The third-order valence-electron chi connectivity index (χ3n) is 3.92. The molecule has 4 N–H and O–H groups in total. The number of sulfonamides is 1. The van der Waals surface area contributed by atoms with Gasteiger partial charge in [-0.25, -0.2) is 13.6 Å². The molecule has 2 fully saturated rings. The van der Waals surface area contributed by atoms with Crippen molar-refractivity contribution in [2.75, 3.05) is 0 Å². The minimum Gasteiger partial charge on any atom is -0.348 e. The van der Waals surface area contributed by atoms with Gasteiger partial charge in [0.25, 0.3) is 5.91 Å². The van der Waals surface area contributed by atoms with Crippen LogP contribution in [0, 0.1) is 0 Å². The minimum atomic E-state index is -3.96. The standard InChI is InChI=1S/C12H18N4O3S/c13-20(18,19)11-9(7-5-6-7)15-16-10(11)12(17)14-8-3-1-2-4-8/h7-8H,1-6H2,(H,14,17)(H,15,16)(H2,13,18,19). The number of aromatic amines is 1. The summed E-state index contributed by atoms with van der Waals surface area (Å²) in [6, 6.07) is 0.108. The van der Waals surface area contributed by atoms with Gasteiger partial charge in [0.15, 0.2) is 5.69 Å². The molecule has 0 saturated heterocycles. The van der Waals surface area contributed by atoms with E-state index < -0.39 is 15.9 Å². The molecule has 20 heavy (non-hydrogen) atoms. The van der Waals surface area contributed by atoms with Crippen molar-refractivity contribution >= 4 is 15.9 Å². The summed E-state index contributed by atoms with van der Waals surface area (Å²) in [5, 5.41) is 14.7. The number of hydrogen-bond acceptors (Lipinski definition) is 4. The first-order valence-corrected chi connectivity index (χ1v) is 8.43. The summed E-state index contributed by atoms with van der Waals surface area (Å²) < 4.78 is 23.5. The molecule has 2 aliphatic carbocycles. The lowest BCUT2D eigenvalue weighted by Gasteiger charge is -2.11. The summed E-state index contributed by atoms with van der Waals surface area (Å²) in [5.74, 6) is -0.326. The zero-order valence-corrected chi connectivity index (χ0v) is 11.9. The number of nitrogens with zero attached hydrogens (tertiary/aromatic N) is 1. The molecule has 2 saturated carbocycles. The van der Waals surface area contributed by atoms with E-state index in [0.717, 1.165) is 38.5 Å². The molecular formula is C12H18N4O3S. The Morgan fingerprint density at radius 1 is 1.25 bits per heavy atom. The number of carbonyl (C=O) groups excluding carboxylic acids is 1. The Hall–Kier alpha value is -1.41. The molecule has 0 unspecified atom stereocenters. The zero-order chi connectivity index (χ0) is 14.3. The largest absolute Gasteiger partial charge is 0.348 e. The molecule has 1 aromatic rings. The van der Waals surface area contributed by atoms with Crippen molar-refractivity contribution in [3.05, 3.63) is 11.4 Å². The molecule has 1 aromatic heterocycles. The first kappa shape index (κ1) is 13.6. The Morgan fingerprint density at radius 3 is 2.45 bits per heavy atom. The van der Waals surface area contributed by atoms with Gasteiger partial charge in [0.1, 0.15) is 4.90 Å². The van der Waals surface area contributed by atoms with E-state index in [4.69, 9.17) is 5.14 Å². The van der Waals surface area contributed by atoms with E-state index in [1.807, 2.05) is 0 Å². The van der Waals surface area contributed by atoms with Gasteiger partial charge in [-0.1, -0.05) is 12.8 Å². The van der Waals surface area contributed by atoms with Crippen LogP contribution in [-0.4, -0.2) is 30.6 Å². The second-order valence-corrected chi connectivity index (χ2v) is 7.09. The van der Waals surface area contributed by atoms with Crippen LogP contribution in [0.25, 0.3) is 0 Å². The molecule has 1 amide bonds. The van der Waals surface area contributed by atoms with Crippen molar-refractivity contribution in [3.63, 3.8) is 0 Å². The SMILES string of the molecule is NS(=O)(=O)c1c(C(=O)NC2CCCC2)n[nH]c1C1CC1. The smallest absolute Gasteiger partial charge is 0.273 e. The lowest BCUT2D eigenvalue weighted by atomic mass is 10.2. The number of nitrogens with one attached hydrogen (secondary N) is 2. The van der Waals surface area contributed by atoms with Gasteiger partial charge in [0.05, 0.1) is 5.69 Å². The number of carbonyl (C=O) groups is 1. The third kappa shape index (κ3) is 2.57. The zero-order valence-electron chi connectivity index (χ0n) is 11.1. The highest BCUT2D eigenvalue weighted by molar-refractivity contribution is 7.89. The molecule has 2 aliphatic rings. The summed E-state index contributed by atoms with van der Waals surface area (Å²) in [7, 11) is -3.96. The highest BCUT2D eigenvalue weighted by Gasteiger charge is 2.36. The van der Waals surface area contributed by atoms with E-state index in [1.165, 1.54) is 0 Å². The van der Waals surface area contributed by atoms with Crippen molar-refractivity contribution in [3.8, 4) is 0 Å². The number of H-pyrrole nitrogens is 1. The van der Waals surface area contributed by atoms with Crippen LogP contribution in [0.1, 0.15) is 60.6 Å². The van der Waals surface area contributed by atoms with Crippen LogP contribution in [0.2, 0.25) is 0 Å². The van der Waals surface area contributed by atoms with Crippen LogP contribution < -0.4 is 10.5 Å². The van der Waals surface area contributed by atoms with Gasteiger partial charge in [-0.3, -0.25) is 9.89 Å². The van der Waals surface area contributed by atoms with E-state index in [2.05, 4.69) is 15.5 Å². The second kappa shape index (κ2) is 4.85. The number of aromatic nitrogens is 2. The summed E-state index contributed by atoms with van der Waals surface area (Å²) in [6.45, 7) is 0. The van der Waals surface area contributed by atoms with Gasteiger partial charge in [0, 0.05) is 12.0 Å². The first-order chi connectivity index (χ1) is 9.47. The van der Waals surface area contributed by atoms with Gasteiger partial charge in [0.2, 0.25) is 10.0 Å². The fraction of sp³-hybridized carbons (Fsp3) is 0.667. The fourth-order valence-corrected chi connectivity index (χ4v) is 3.69. The average molecular weight is 298 g/mol. The Labute approximate surface area is 117 Å². The third-order valence-corrected chi connectivity index (χ3v) is 4.91. The maximum absolute atomic E-state index is 12.2. The first-order valence-electron chi connectivity index (χ1n) is 6.88. The van der Waals surface area contributed by atoms with Crippen molar-refractivity contribution in [2.24, 2.45) is 5.14 Å². The molecule has 7 nitrogen and oxygen atoms in total. The number of amides is 1. The van der Waals surface area contributed by atoms with Gasteiger partial charge in [-0.2, -0.15) is 5.10 Å². The molecular weight excluding hydrogens is 280 g/mol. The van der Waals surface area contributed by atoms with Crippen molar-refractivity contribution < 1.29 is 13.2 Å². The van der Waals surface area contributed by atoms with Crippen molar-refractivity contribution in [1.82, 2.24) is 15.5 Å². The molecule has 3 rings (SSSR count). The van der Waals surface area contributed by atoms with Crippen LogP contribution in [0.15, 0.2) is 4.90 Å². The van der Waals surface area contributed by atoms with Gasteiger partial charge in [-0.05, 0) is 25.7 Å². The van der Waals surface area contributed by atoms with E-state index in [-0.39, 0.29) is 22.5 Å². The quantitative estimate of drug-likeness (QED) is 0.754. The summed E-state index contributed by atoms with van der Waals surface area (Å²) in [5.41, 5.74) is 0.380. The summed E-state index contributed by atoms with van der Waals surface area (Å²) in [6.07, 6.45) is 5.82. The summed E-state index contributed by atoms with van der Waals surface area (Å²) in [4.78, 5) is 12.1. The van der Waals surface area contributed by atoms with Crippen LogP contribution in [0.3, 0.4) is 0 Å². The summed E-state index contributed by atoms with van der Waals surface area (Å²) >= 11 is 0. The van der Waals surface area contributed by atoms with Crippen LogP contribution in [-0.2, 0) is 10.0 Å². The number of nitrogens with two attached hydrogens (primary N) is 1. The number of rotatable bonds is 4. The normalized spacial score (nSPS) is 20.2. The van der Waals surface area contributed by atoms with Crippen molar-refractivity contribution in [1.29, 1.82) is 0 Å². The molecule has 1 heterocycles. The molecule has 0 bridgehead atoms. The number of hydrogen-bond donors (Lipinski definition) is 3. The molecule has 0 radical (unpaired) electrons. The molecule has 0 atom stereocenters. The predicted octanol–water partition coefficient (Wildman–Crippen LogP) is 0.607. The molecule has 8 heteroatoms. The van der Waals surface area contributed by atoms with Crippen molar-refractivity contribution in [2.45, 2.75) is 55.4 Å². The maximum atomic E-state index is 12.2. The van der Waals surface area contributed by atoms with E-state index in [1.54, 1.807) is 0 Å². The second-order valence-electron chi connectivity index (χ2n) is 5.59. The lowest BCUT2D eigenvalue weighted by Crippen LogP contribution is -2.34. The highest BCUT2D eigenvalue weighted by Crippen LogP contribution is 2.42. The fourth-order valence-electron chi connectivity index (χ4n) is 2.76. The Kier molecular flexibility index (Phi) is 3.29. The maximum Gasteiger partial charge on any atom is 0.273 e. The Morgan fingerprint density at radius 2 is 1.90 bits per heavy atom. The van der Waals surface area contributed by atoms with E-state index in [0.29, 0.717) is 5.69 Å². The van der Waals surface area contributed by atoms with Gasteiger partial charge in [-0.15, -0.1) is 0 Å². The molecule has 0 aromatic carbocycles. The predicted molar refractivity (Wildman–Crippen MR) is 71.7 cm³/mol. The van der Waals surface area contributed by atoms with Crippen LogP contribution >= 0.6 is 0 Å². The van der Waals surface area contributed by atoms with Gasteiger partial charge < -0.3 is 5.32 Å². The molecule has 110 valence electrons. The van der Waals surface area contributed by atoms with Gasteiger partial charge >= 0.3 is 0 Å². The molecule has 0 spiro atoms. The topological polar surface area (TPSA) is 118 Å². The Balaban J connectivity index is 1.90. The lowest BCUT2D eigenvalue weighted by molar-refractivity contribution is 0.0929. The average Bonchev–Trinajstić information content (AvgIpc) is 2.90. The monoisotopic (exact) mass is 298 g/mol.